The van der Waals surface area contributed by atoms with E-state index >= 15 is 0 Å². The molecule has 0 aromatic heterocycles. The second-order valence-corrected chi connectivity index (χ2v) is 5.10. The number of carboxylic acid groups (broad SMARTS) is 1. The number of fused-ring (bicyclic) bond motifs is 1. The van der Waals surface area contributed by atoms with Gasteiger partial charge in [0.25, 0.3) is 0 Å². The van der Waals surface area contributed by atoms with Gasteiger partial charge in [-0.2, -0.15) is 0 Å². The Bertz CT molecular complexity index is 643. The fourth-order valence-corrected chi connectivity index (χ4v) is 2.52. The summed E-state index contributed by atoms with van der Waals surface area (Å²) in [6, 6.07) is 8.62. The number of rotatable bonds is 2. The van der Waals surface area contributed by atoms with Gasteiger partial charge in [-0.3, -0.25) is 4.57 Å². The minimum absolute atomic E-state index is 0.0257. The number of hydrogen-bond acceptors (Lipinski definition) is 2. The highest BCUT2D eigenvalue weighted by Gasteiger charge is 2.21. The summed E-state index contributed by atoms with van der Waals surface area (Å²) in [5.74, 6) is -1.13. The van der Waals surface area contributed by atoms with Crippen molar-refractivity contribution in [3.63, 3.8) is 0 Å². The van der Waals surface area contributed by atoms with Crippen molar-refractivity contribution < 1.29 is 24.3 Å². The van der Waals surface area contributed by atoms with Crippen molar-refractivity contribution in [1.82, 2.24) is 0 Å². The molecule has 0 bridgehead atoms. The van der Waals surface area contributed by atoms with E-state index in [1.807, 2.05) is 0 Å². The lowest BCUT2D eigenvalue weighted by Crippen LogP contribution is -2.07. The summed E-state index contributed by atoms with van der Waals surface area (Å²) < 4.78 is 11.3. The molecule has 0 aliphatic carbocycles. The lowest BCUT2D eigenvalue weighted by Gasteiger charge is -2.09. The van der Waals surface area contributed by atoms with Gasteiger partial charge in [0.05, 0.1) is 10.9 Å². The Hall–Kier alpha value is -1.68. The third-order valence-corrected chi connectivity index (χ3v) is 3.46. The first-order valence-electron chi connectivity index (χ1n) is 4.72. The molecule has 0 atom stereocenters. The first-order valence-corrected chi connectivity index (χ1v) is 6.33. The Morgan fingerprint density at radius 3 is 2.18 bits per heavy atom. The maximum atomic E-state index is 11.3. The average molecular weight is 252 g/mol. The zero-order chi connectivity index (χ0) is 12.6. The summed E-state index contributed by atoms with van der Waals surface area (Å²) in [6.07, 6.45) is 0. The van der Waals surface area contributed by atoms with E-state index in [2.05, 4.69) is 0 Å². The first kappa shape index (κ1) is 11.8. The van der Waals surface area contributed by atoms with Crippen LogP contribution in [0.4, 0.5) is 0 Å². The van der Waals surface area contributed by atoms with E-state index in [0.717, 1.165) is 0 Å². The molecule has 17 heavy (non-hydrogen) atoms. The highest BCUT2D eigenvalue weighted by atomic mass is 31.2. The molecule has 2 rings (SSSR count). The van der Waals surface area contributed by atoms with Crippen LogP contribution in [0.15, 0.2) is 36.4 Å². The van der Waals surface area contributed by atoms with Crippen molar-refractivity contribution >= 4 is 29.6 Å². The standard InChI is InChI=1S/C11H9O5P/c12-11(13)9-5-1-4-8-7(9)3-2-6-10(8)17(14,15)16/h1-6H,(H,12,13)(H2,14,15,16). The van der Waals surface area contributed by atoms with Crippen LogP contribution in [0.5, 0.6) is 0 Å². The first-order chi connectivity index (χ1) is 7.91. The van der Waals surface area contributed by atoms with Crippen LogP contribution in [-0.2, 0) is 4.57 Å². The topological polar surface area (TPSA) is 94.8 Å². The average Bonchev–Trinajstić information content (AvgIpc) is 2.26. The van der Waals surface area contributed by atoms with Crippen molar-refractivity contribution in [2.75, 3.05) is 0 Å². The fourth-order valence-electron chi connectivity index (χ4n) is 1.73. The summed E-state index contributed by atoms with van der Waals surface area (Å²) in [5, 5.41) is 9.41. The molecule has 0 saturated heterocycles. The molecule has 3 N–H and O–H groups in total. The van der Waals surface area contributed by atoms with Crippen molar-refractivity contribution in [3.8, 4) is 0 Å². The van der Waals surface area contributed by atoms with Gasteiger partial charge in [-0.05, 0) is 22.9 Å². The highest BCUT2D eigenvalue weighted by Crippen LogP contribution is 2.36. The molecular weight excluding hydrogens is 243 g/mol. The smallest absolute Gasteiger partial charge is 0.356 e. The molecular formula is C11H9O5P. The van der Waals surface area contributed by atoms with Gasteiger partial charge >= 0.3 is 13.6 Å². The quantitative estimate of drug-likeness (QED) is 0.701. The van der Waals surface area contributed by atoms with Gasteiger partial charge in [-0.15, -0.1) is 0 Å². The van der Waals surface area contributed by atoms with Crippen LogP contribution in [0.25, 0.3) is 10.8 Å². The molecule has 0 heterocycles. The molecule has 0 amide bonds. The van der Waals surface area contributed by atoms with Crippen molar-refractivity contribution in [1.29, 1.82) is 0 Å². The van der Waals surface area contributed by atoms with E-state index in [4.69, 9.17) is 5.11 Å². The predicted octanol–water partition coefficient (Wildman–Crippen LogP) is 1.34. The second-order valence-electron chi connectivity index (χ2n) is 3.53. The molecule has 0 fully saturated rings. The van der Waals surface area contributed by atoms with Gasteiger partial charge in [0, 0.05) is 0 Å². The summed E-state index contributed by atoms with van der Waals surface area (Å²) in [6.45, 7) is 0. The van der Waals surface area contributed by atoms with Crippen LogP contribution >= 0.6 is 7.60 Å². The Labute approximate surface area is 96.5 Å². The molecule has 0 saturated carbocycles. The zero-order valence-corrected chi connectivity index (χ0v) is 9.46. The lowest BCUT2D eigenvalue weighted by atomic mass is 10.0. The summed E-state index contributed by atoms with van der Waals surface area (Å²) in [5.41, 5.74) is 0.0257. The van der Waals surface area contributed by atoms with Crippen LogP contribution in [-0.4, -0.2) is 20.9 Å². The maximum Gasteiger partial charge on any atom is 0.356 e. The number of carbonyl (C=O) groups is 1. The minimum atomic E-state index is -4.41. The molecule has 88 valence electrons. The third-order valence-electron chi connectivity index (χ3n) is 2.44. The maximum absolute atomic E-state index is 11.3. The van der Waals surface area contributed by atoms with Crippen LogP contribution < -0.4 is 5.30 Å². The molecule has 0 radical (unpaired) electrons. The summed E-state index contributed by atoms with van der Waals surface area (Å²) in [4.78, 5) is 29.3. The molecule has 0 unspecified atom stereocenters. The summed E-state index contributed by atoms with van der Waals surface area (Å²) >= 11 is 0. The normalized spacial score (nSPS) is 11.6. The SMILES string of the molecule is O=C(O)c1cccc2c(P(=O)(O)O)cccc12. The molecule has 6 heteroatoms. The third kappa shape index (κ3) is 2.08. The molecule has 0 aliphatic rings. The Kier molecular flexibility index (Phi) is 2.75. The Morgan fingerprint density at radius 2 is 1.59 bits per heavy atom. The van der Waals surface area contributed by atoms with E-state index in [1.165, 1.54) is 36.4 Å². The number of aromatic carboxylic acids is 1. The van der Waals surface area contributed by atoms with Gasteiger partial charge in [-0.25, -0.2) is 4.79 Å². The van der Waals surface area contributed by atoms with Gasteiger partial charge in [0.1, 0.15) is 0 Å². The second kappa shape index (κ2) is 3.96. The monoisotopic (exact) mass is 252 g/mol. The fraction of sp³-hybridized carbons (Fsp3) is 0. The molecule has 2 aromatic carbocycles. The Balaban J connectivity index is 2.89. The molecule has 5 nitrogen and oxygen atoms in total. The van der Waals surface area contributed by atoms with E-state index < -0.39 is 13.6 Å². The van der Waals surface area contributed by atoms with Crippen LogP contribution in [0.1, 0.15) is 10.4 Å². The van der Waals surface area contributed by atoms with Crippen molar-refractivity contribution in [3.05, 3.63) is 42.0 Å². The van der Waals surface area contributed by atoms with Gasteiger partial charge in [0.2, 0.25) is 0 Å². The molecule has 0 aliphatic heterocycles. The highest BCUT2D eigenvalue weighted by molar-refractivity contribution is 7.60. The van der Waals surface area contributed by atoms with Crippen molar-refractivity contribution in [2.24, 2.45) is 0 Å². The van der Waals surface area contributed by atoms with Crippen LogP contribution in [0.2, 0.25) is 0 Å². The minimum Gasteiger partial charge on any atom is -0.478 e. The van der Waals surface area contributed by atoms with Gasteiger partial charge < -0.3 is 14.9 Å². The zero-order valence-electron chi connectivity index (χ0n) is 8.57. The molecule has 2 aromatic rings. The number of benzene rings is 2. The predicted molar refractivity (Wildman–Crippen MR) is 62.6 cm³/mol. The van der Waals surface area contributed by atoms with Crippen LogP contribution in [0.3, 0.4) is 0 Å². The number of carboxylic acids is 1. The number of hydrogen-bond donors (Lipinski definition) is 3. The van der Waals surface area contributed by atoms with E-state index in [1.54, 1.807) is 0 Å². The van der Waals surface area contributed by atoms with Gasteiger partial charge in [0.15, 0.2) is 0 Å². The van der Waals surface area contributed by atoms with Crippen molar-refractivity contribution in [2.45, 2.75) is 0 Å². The largest absolute Gasteiger partial charge is 0.478 e. The molecule has 0 spiro atoms. The van der Waals surface area contributed by atoms with Gasteiger partial charge in [-0.1, -0.05) is 24.3 Å². The van der Waals surface area contributed by atoms with E-state index in [-0.39, 0.29) is 16.3 Å². The Morgan fingerprint density at radius 1 is 1.00 bits per heavy atom. The van der Waals surface area contributed by atoms with Crippen LogP contribution in [0, 0.1) is 0 Å². The summed E-state index contributed by atoms with van der Waals surface area (Å²) in [7, 11) is -4.41. The lowest BCUT2D eigenvalue weighted by molar-refractivity contribution is 0.0699. The van der Waals surface area contributed by atoms with E-state index in [0.29, 0.717) is 5.39 Å². The van der Waals surface area contributed by atoms with E-state index in [9.17, 15) is 19.1 Å².